The van der Waals surface area contributed by atoms with Gasteiger partial charge in [-0.05, 0) is 5.56 Å². The number of benzene rings is 1. The predicted octanol–water partition coefficient (Wildman–Crippen LogP) is 1.55. The molecule has 0 bridgehead atoms. The van der Waals surface area contributed by atoms with Crippen LogP contribution < -0.4 is 11.5 Å². The van der Waals surface area contributed by atoms with Gasteiger partial charge in [0.1, 0.15) is 11.6 Å². The number of anilines is 2. The first-order chi connectivity index (χ1) is 11.7. The molecule has 0 amide bonds. The lowest BCUT2D eigenvalue weighted by atomic mass is 10.2. The maximum absolute atomic E-state index is 5.69. The highest BCUT2D eigenvalue weighted by Crippen LogP contribution is 2.17. The molecule has 2 aromatic rings. The summed E-state index contributed by atoms with van der Waals surface area (Å²) >= 11 is 1.61. The molecule has 128 valence electrons. The van der Waals surface area contributed by atoms with Gasteiger partial charge < -0.3 is 11.5 Å². The third-order valence-corrected chi connectivity index (χ3v) is 4.93. The first-order valence-corrected chi connectivity index (χ1v) is 9.19. The molecule has 0 aliphatic carbocycles. The summed E-state index contributed by atoms with van der Waals surface area (Å²) in [7, 11) is 0. The third kappa shape index (κ3) is 5.09. The largest absolute Gasteiger partial charge is 0.383 e. The van der Waals surface area contributed by atoms with Gasteiger partial charge >= 0.3 is 0 Å². The van der Waals surface area contributed by atoms with E-state index in [1.165, 1.54) is 5.56 Å². The zero-order valence-electron chi connectivity index (χ0n) is 13.8. The van der Waals surface area contributed by atoms with E-state index in [1.807, 2.05) is 0 Å². The van der Waals surface area contributed by atoms with Gasteiger partial charge in [-0.15, -0.1) is 0 Å². The normalized spacial score (nSPS) is 16.3. The van der Waals surface area contributed by atoms with Crippen LogP contribution in [0.3, 0.4) is 0 Å². The Kier molecular flexibility index (Phi) is 5.90. The fourth-order valence-electron chi connectivity index (χ4n) is 2.81. The van der Waals surface area contributed by atoms with Crippen molar-refractivity contribution in [1.29, 1.82) is 0 Å². The SMILES string of the molecule is Nc1cc(N)nc(SCCN2CCN(Cc3ccccc3)CC2)n1. The molecule has 1 aromatic heterocycles. The molecule has 0 unspecified atom stereocenters. The number of piperazine rings is 1. The molecule has 1 saturated heterocycles. The number of nitrogens with zero attached hydrogens (tertiary/aromatic N) is 4. The lowest BCUT2D eigenvalue weighted by Crippen LogP contribution is -2.46. The highest BCUT2D eigenvalue weighted by atomic mass is 32.2. The summed E-state index contributed by atoms with van der Waals surface area (Å²) in [6.45, 7) is 6.50. The molecule has 0 saturated carbocycles. The Morgan fingerprint density at radius 2 is 1.54 bits per heavy atom. The number of aromatic nitrogens is 2. The molecule has 1 aliphatic heterocycles. The maximum atomic E-state index is 5.69. The molecule has 7 heteroatoms. The average Bonchev–Trinajstić information content (AvgIpc) is 2.57. The van der Waals surface area contributed by atoms with Crippen LogP contribution in [-0.4, -0.2) is 58.2 Å². The highest BCUT2D eigenvalue weighted by Gasteiger charge is 2.16. The summed E-state index contributed by atoms with van der Waals surface area (Å²) in [6.07, 6.45) is 0. The molecule has 1 aliphatic rings. The van der Waals surface area contributed by atoms with Gasteiger partial charge in [0.25, 0.3) is 0 Å². The molecule has 6 nitrogen and oxygen atoms in total. The van der Waals surface area contributed by atoms with Crippen LogP contribution in [0, 0.1) is 0 Å². The van der Waals surface area contributed by atoms with Gasteiger partial charge in [-0.25, -0.2) is 9.97 Å². The van der Waals surface area contributed by atoms with Gasteiger partial charge in [-0.2, -0.15) is 0 Å². The van der Waals surface area contributed by atoms with E-state index in [0.29, 0.717) is 16.8 Å². The summed E-state index contributed by atoms with van der Waals surface area (Å²) < 4.78 is 0. The molecular weight excluding hydrogens is 320 g/mol. The minimum atomic E-state index is 0.430. The van der Waals surface area contributed by atoms with Crippen molar-refractivity contribution in [3.8, 4) is 0 Å². The van der Waals surface area contributed by atoms with Crippen molar-refractivity contribution in [2.24, 2.45) is 0 Å². The second-order valence-corrected chi connectivity index (χ2v) is 7.01. The molecular formula is C17H24N6S. The van der Waals surface area contributed by atoms with Crippen molar-refractivity contribution in [3.05, 3.63) is 42.0 Å². The maximum Gasteiger partial charge on any atom is 0.191 e. The van der Waals surface area contributed by atoms with Crippen LogP contribution in [0.2, 0.25) is 0 Å². The van der Waals surface area contributed by atoms with E-state index in [2.05, 4.69) is 50.1 Å². The molecule has 0 atom stereocenters. The fourth-order valence-corrected chi connectivity index (χ4v) is 3.68. The van der Waals surface area contributed by atoms with Crippen LogP contribution in [0.25, 0.3) is 0 Å². The van der Waals surface area contributed by atoms with Crippen LogP contribution in [0.4, 0.5) is 11.6 Å². The Hall–Kier alpha value is -1.83. The fraction of sp³-hybridized carbons (Fsp3) is 0.412. The molecule has 24 heavy (non-hydrogen) atoms. The van der Waals surface area contributed by atoms with Crippen LogP contribution >= 0.6 is 11.8 Å². The zero-order chi connectivity index (χ0) is 16.8. The van der Waals surface area contributed by atoms with E-state index in [-0.39, 0.29) is 0 Å². The number of hydrogen-bond donors (Lipinski definition) is 2. The quantitative estimate of drug-likeness (QED) is 0.607. The Morgan fingerprint density at radius 3 is 2.21 bits per heavy atom. The number of rotatable bonds is 6. The van der Waals surface area contributed by atoms with Crippen molar-refractivity contribution < 1.29 is 0 Å². The van der Waals surface area contributed by atoms with Crippen molar-refractivity contribution in [3.63, 3.8) is 0 Å². The summed E-state index contributed by atoms with van der Waals surface area (Å²) in [5.74, 6) is 1.81. The summed E-state index contributed by atoms with van der Waals surface area (Å²) in [5.41, 5.74) is 12.8. The molecule has 3 rings (SSSR count). The van der Waals surface area contributed by atoms with Gasteiger partial charge in [0.15, 0.2) is 5.16 Å². The van der Waals surface area contributed by atoms with E-state index in [1.54, 1.807) is 17.8 Å². The van der Waals surface area contributed by atoms with Crippen molar-refractivity contribution in [1.82, 2.24) is 19.8 Å². The van der Waals surface area contributed by atoms with E-state index >= 15 is 0 Å². The second kappa shape index (κ2) is 8.32. The zero-order valence-corrected chi connectivity index (χ0v) is 14.6. The highest BCUT2D eigenvalue weighted by molar-refractivity contribution is 7.99. The Balaban J connectivity index is 1.38. The van der Waals surface area contributed by atoms with Crippen LogP contribution in [0.1, 0.15) is 5.56 Å². The van der Waals surface area contributed by atoms with Crippen LogP contribution in [0.15, 0.2) is 41.6 Å². The van der Waals surface area contributed by atoms with Crippen molar-refractivity contribution >= 4 is 23.4 Å². The molecule has 1 aromatic carbocycles. The van der Waals surface area contributed by atoms with Crippen molar-refractivity contribution in [2.45, 2.75) is 11.7 Å². The minimum absolute atomic E-state index is 0.430. The minimum Gasteiger partial charge on any atom is -0.383 e. The lowest BCUT2D eigenvalue weighted by Gasteiger charge is -2.34. The summed E-state index contributed by atoms with van der Waals surface area (Å²) in [6, 6.07) is 12.2. The smallest absolute Gasteiger partial charge is 0.191 e. The number of thioether (sulfide) groups is 1. The van der Waals surface area contributed by atoms with Gasteiger partial charge in [0.2, 0.25) is 0 Å². The molecule has 4 N–H and O–H groups in total. The molecule has 1 fully saturated rings. The first kappa shape index (κ1) is 17.0. The van der Waals surface area contributed by atoms with Gasteiger partial charge in [0, 0.05) is 51.1 Å². The Morgan fingerprint density at radius 1 is 0.917 bits per heavy atom. The predicted molar refractivity (Wildman–Crippen MR) is 99.7 cm³/mol. The average molecular weight is 344 g/mol. The van der Waals surface area contributed by atoms with Gasteiger partial charge in [-0.1, -0.05) is 42.1 Å². The standard InChI is InChI=1S/C17H24N6S/c18-15-12-16(19)21-17(20-15)24-11-10-22-6-8-23(9-7-22)13-14-4-2-1-3-5-14/h1-5,12H,6-11,13H2,(H4,18,19,20,21). The van der Waals surface area contributed by atoms with Crippen LogP contribution in [0.5, 0.6) is 0 Å². The molecule has 0 spiro atoms. The number of nitrogens with two attached hydrogens (primary N) is 2. The van der Waals surface area contributed by atoms with Crippen LogP contribution in [-0.2, 0) is 6.54 Å². The lowest BCUT2D eigenvalue weighted by molar-refractivity contribution is 0.133. The Bertz CT molecular complexity index is 623. The van der Waals surface area contributed by atoms with E-state index < -0.39 is 0 Å². The second-order valence-electron chi connectivity index (χ2n) is 5.95. The van der Waals surface area contributed by atoms with E-state index in [0.717, 1.165) is 45.0 Å². The van der Waals surface area contributed by atoms with E-state index in [9.17, 15) is 0 Å². The first-order valence-electron chi connectivity index (χ1n) is 8.20. The number of nitrogen functional groups attached to an aromatic ring is 2. The molecule has 2 heterocycles. The van der Waals surface area contributed by atoms with Crippen molar-refractivity contribution in [2.75, 3.05) is 49.9 Å². The molecule has 0 radical (unpaired) electrons. The summed E-state index contributed by atoms with van der Waals surface area (Å²) in [5, 5.41) is 0.662. The van der Waals surface area contributed by atoms with Gasteiger partial charge in [0.05, 0.1) is 0 Å². The monoisotopic (exact) mass is 344 g/mol. The third-order valence-electron chi connectivity index (χ3n) is 4.10. The van der Waals surface area contributed by atoms with E-state index in [4.69, 9.17) is 11.5 Å². The number of hydrogen-bond acceptors (Lipinski definition) is 7. The summed E-state index contributed by atoms with van der Waals surface area (Å²) in [4.78, 5) is 13.4. The topological polar surface area (TPSA) is 84.3 Å². The Labute approximate surface area is 147 Å². The van der Waals surface area contributed by atoms with Gasteiger partial charge in [-0.3, -0.25) is 9.80 Å².